The Kier molecular flexibility index (Phi) is 5.39. The van der Waals surface area contributed by atoms with E-state index in [9.17, 15) is 9.59 Å². The summed E-state index contributed by atoms with van der Waals surface area (Å²) in [5.41, 5.74) is 7.00. The largest absolute Gasteiger partial charge is 0.455 e. The number of hydrogen-bond acceptors (Lipinski definition) is 4. The van der Waals surface area contributed by atoms with Crippen LogP contribution in [0.4, 0.5) is 0 Å². The SMILES string of the molecule is NC(=O)c1ccc(Oc2cc(Cc3ccc(=O)[nH]n3)ccc2Cl)c(Br)c1. The topological polar surface area (TPSA) is 98.1 Å². The van der Waals surface area contributed by atoms with Crippen LogP contribution in [0.3, 0.4) is 0 Å². The van der Waals surface area contributed by atoms with E-state index in [2.05, 4.69) is 26.1 Å². The zero-order valence-corrected chi connectivity index (χ0v) is 15.7. The van der Waals surface area contributed by atoms with E-state index in [1.807, 2.05) is 6.07 Å². The number of rotatable bonds is 5. The highest BCUT2D eigenvalue weighted by atomic mass is 79.9. The Hall–Kier alpha value is -2.64. The van der Waals surface area contributed by atoms with Crippen LogP contribution in [-0.2, 0) is 6.42 Å². The van der Waals surface area contributed by atoms with Gasteiger partial charge in [-0.25, -0.2) is 5.10 Å². The van der Waals surface area contributed by atoms with Crippen LogP contribution in [0.2, 0.25) is 5.02 Å². The van der Waals surface area contributed by atoms with Crippen LogP contribution < -0.4 is 16.0 Å². The first-order valence-electron chi connectivity index (χ1n) is 7.52. The molecule has 0 saturated heterocycles. The average molecular weight is 435 g/mol. The van der Waals surface area contributed by atoms with Crippen LogP contribution in [0.15, 0.2) is 57.8 Å². The molecule has 3 aromatic rings. The second-order valence-electron chi connectivity index (χ2n) is 5.47. The number of H-pyrrole nitrogens is 1. The van der Waals surface area contributed by atoms with Gasteiger partial charge in [0.15, 0.2) is 0 Å². The lowest BCUT2D eigenvalue weighted by Crippen LogP contribution is -2.10. The molecule has 2 aromatic carbocycles. The maximum Gasteiger partial charge on any atom is 0.264 e. The van der Waals surface area contributed by atoms with Crippen molar-refractivity contribution in [3.63, 3.8) is 0 Å². The van der Waals surface area contributed by atoms with Gasteiger partial charge >= 0.3 is 0 Å². The highest BCUT2D eigenvalue weighted by molar-refractivity contribution is 9.10. The number of halogens is 2. The Morgan fingerprint density at radius 1 is 1.15 bits per heavy atom. The molecule has 0 saturated carbocycles. The fraction of sp³-hybridized carbons (Fsp3) is 0.0556. The number of benzene rings is 2. The summed E-state index contributed by atoms with van der Waals surface area (Å²) in [6.07, 6.45) is 0.506. The number of aromatic nitrogens is 2. The van der Waals surface area contributed by atoms with Gasteiger partial charge in [0.1, 0.15) is 11.5 Å². The van der Waals surface area contributed by atoms with E-state index >= 15 is 0 Å². The van der Waals surface area contributed by atoms with Crippen molar-refractivity contribution in [1.29, 1.82) is 0 Å². The van der Waals surface area contributed by atoms with Gasteiger partial charge in [0, 0.05) is 18.1 Å². The number of nitrogens with two attached hydrogens (primary N) is 1. The highest BCUT2D eigenvalue weighted by Gasteiger charge is 2.11. The van der Waals surface area contributed by atoms with Crippen molar-refractivity contribution >= 4 is 33.4 Å². The number of nitrogens with zero attached hydrogens (tertiary/aromatic N) is 1. The summed E-state index contributed by atoms with van der Waals surface area (Å²) in [4.78, 5) is 22.3. The highest BCUT2D eigenvalue weighted by Crippen LogP contribution is 2.35. The van der Waals surface area contributed by atoms with Gasteiger partial charge in [0.25, 0.3) is 5.56 Å². The lowest BCUT2D eigenvalue weighted by molar-refractivity contribution is 0.1000. The number of hydrogen-bond donors (Lipinski definition) is 2. The van der Waals surface area contributed by atoms with Crippen molar-refractivity contribution in [2.75, 3.05) is 0 Å². The van der Waals surface area contributed by atoms with Gasteiger partial charge in [-0.2, -0.15) is 5.10 Å². The maximum atomic E-state index is 11.2. The molecule has 8 heteroatoms. The third-order valence-corrected chi connectivity index (χ3v) is 4.49. The van der Waals surface area contributed by atoms with Gasteiger partial charge in [-0.15, -0.1) is 0 Å². The van der Waals surface area contributed by atoms with Crippen LogP contribution >= 0.6 is 27.5 Å². The van der Waals surface area contributed by atoms with E-state index < -0.39 is 5.91 Å². The summed E-state index contributed by atoms with van der Waals surface area (Å²) < 4.78 is 6.44. The van der Waals surface area contributed by atoms with Gasteiger partial charge < -0.3 is 10.5 Å². The first-order chi connectivity index (χ1) is 12.4. The minimum atomic E-state index is -0.523. The predicted octanol–water partition coefficient (Wildman–Crippen LogP) is 3.67. The van der Waals surface area contributed by atoms with E-state index in [0.29, 0.717) is 38.7 Å². The minimum absolute atomic E-state index is 0.252. The Labute approximate surface area is 162 Å². The molecule has 0 aliphatic carbocycles. The molecule has 3 N–H and O–H groups in total. The zero-order chi connectivity index (χ0) is 18.7. The molecule has 1 aromatic heterocycles. The van der Waals surface area contributed by atoms with E-state index in [-0.39, 0.29) is 5.56 Å². The first kappa shape index (κ1) is 18.2. The van der Waals surface area contributed by atoms with Crippen molar-refractivity contribution in [2.24, 2.45) is 5.73 Å². The van der Waals surface area contributed by atoms with Crippen LogP contribution in [0.5, 0.6) is 11.5 Å². The molecule has 0 fully saturated rings. The monoisotopic (exact) mass is 433 g/mol. The molecule has 0 unspecified atom stereocenters. The smallest absolute Gasteiger partial charge is 0.264 e. The number of carbonyl (C=O) groups excluding carboxylic acids is 1. The number of carbonyl (C=O) groups is 1. The summed E-state index contributed by atoms with van der Waals surface area (Å²) >= 11 is 9.58. The first-order valence-corrected chi connectivity index (χ1v) is 8.70. The number of amides is 1. The number of nitrogens with one attached hydrogen (secondary N) is 1. The molecule has 132 valence electrons. The summed E-state index contributed by atoms with van der Waals surface area (Å²) in [7, 11) is 0. The van der Waals surface area contributed by atoms with Gasteiger partial charge in [0.2, 0.25) is 5.91 Å². The average Bonchev–Trinajstić information content (AvgIpc) is 2.61. The second kappa shape index (κ2) is 7.72. The lowest BCUT2D eigenvalue weighted by Gasteiger charge is -2.11. The van der Waals surface area contributed by atoms with Crippen molar-refractivity contribution in [3.05, 3.63) is 85.2 Å². The van der Waals surface area contributed by atoms with Crippen LogP contribution in [0, 0.1) is 0 Å². The zero-order valence-electron chi connectivity index (χ0n) is 13.3. The molecule has 0 radical (unpaired) electrons. The molecule has 1 heterocycles. The molecule has 3 rings (SSSR count). The quantitative estimate of drug-likeness (QED) is 0.640. The summed E-state index contributed by atoms with van der Waals surface area (Å²) in [5, 5.41) is 6.83. The molecular weight excluding hydrogens is 422 g/mol. The van der Waals surface area contributed by atoms with Gasteiger partial charge in [-0.1, -0.05) is 17.7 Å². The molecule has 0 atom stereocenters. The summed E-state index contributed by atoms with van der Waals surface area (Å²) in [6, 6.07) is 13.3. The third-order valence-electron chi connectivity index (χ3n) is 3.55. The number of ether oxygens (including phenoxy) is 1. The molecule has 0 aliphatic heterocycles. The Bertz CT molecular complexity index is 1020. The van der Waals surface area contributed by atoms with Crippen molar-refractivity contribution in [2.45, 2.75) is 6.42 Å². The molecule has 0 aliphatic rings. The summed E-state index contributed by atoms with van der Waals surface area (Å²) in [6.45, 7) is 0. The van der Waals surface area contributed by atoms with E-state index in [0.717, 1.165) is 5.56 Å². The molecule has 0 bridgehead atoms. The Morgan fingerprint density at radius 2 is 1.96 bits per heavy atom. The third kappa shape index (κ3) is 4.30. The number of aromatic amines is 1. The Balaban J connectivity index is 1.85. The van der Waals surface area contributed by atoms with E-state index in [1.165, 1.54) is 6.07 Å². The minimum Gasteiger partial charge on any atom is -0.455 e. The van der Waals surface area contributed by atoms with Crippen molar-refractivity contribution in [3.8, 4) is 11.5 Å². The standard InChI is InChI=1S/C18H13BrClN3O3/c19-13-9-11(18(21)25)2-5-15(13)26-16-8-10(1-4-14(16)20)7-12-3-6-17(24)23-22-12/h1-6,8-9H,7H2,(H2,21,25)(H,23,24). The molecule has 26 heavy (non-hydrogen) atoms. The van der Waals surface area contributed by atoms with Crippen LogP contribution in [-0.4, -0.2) is 16.1 Å². The molecule has 1 amide bonds. The molecular formula is C18H13BrClN3O3. The fourth-order valence-corrected chi connectivity index (χ4v) is 2.89. The van der Waals surface area contributed by atoms with Crippen LogP contribution in [0.25, 0.3) is 0 Å². The van der Waals surface area contributed by atoms with Crippen molar-refractivity contribution in [1.82, 2.24) is 10.2 Å². The van der Waals surface area contributed by atoms with Gasteiger partial charge in [0.05, 0.1) is 15.2 Å². The van der Waals surface area contributed by atoms with Gasteiger partial charge in [-0.3, -0.25) is 9.59 Å². The predicted molar refractivity (Wildman–Crippen MR) is 102 cm³/mol. The van der Waals surface area contributed by atoms with Crippen LogP contribution in [0.1, 0.15) is 21.6 Å². The van der Waals surface area contributed by atoms with E-state index in [4.69, 9.17) is 22.1 Å². The lowest BCUT2D eigenvalue weighted by atomic mass is 10.1. The second-order valence-corrected chi connectivity index (χ2v) is 6.73. The van der Waals surface area contributed by atoms with E-state index in [1.54, 1.807) is 36.4 Å². The van der Waals surface area contributed by atoms with Crippen molar-refractivity contribution < 1.29 is 9.53 Å². The molecule has 0 spiro atoms. The maximum absolute atomic E-state index is 11.2. The summed E-state index contributed by atoms with van der Waals surface area (Å²) in [5.74, 6) is 0.433. The van der Waals surface area contributed by atoms with Gasteiger partial charge in [-0.05, 0) is 57.9 Å². The molecule has 6 nitrogen and oxygen atoms in total. The Morgan fingerprint density at radius 3 is 2.62 bits per heavy atom. The normalized spacial score (nSPS) is 10.5. The number of primary amides is 1. The fourth-order valence-electron chi connectivity index (χ4n) is 2.27.